The third kappa shape index (κ3) is 2.25. The molecule has 1 saturated carbocycles. The van der Waals surface area contributed by atoms with Crippen molar-refractivity contribution in [2.24, 2.45) is 0 Å². The molecule has 1 aromatic carbocycles. The molecule has 0 aliphatic heterocycles. The Kier molecular flexibility index (Phi) is 3.25. The predicted octanol–water partition coefficient (Wildman–Crippen LogP) is 2.40. The molecule has 3 heteroatoms. The van der Waals surface area contributed by atoms with Gasteiger partial charge in [-0.1, -0.05) is 25.0 Å². The van der Waals surface area contributed by atoms with Crippen LogP contribution in [0.4, 0.5) is 0 Å². The van der Waals surface area contributed by atoms with Crippen LogP contribution in [0.5, 0.6) is 0 Å². The van der Waals surface area contributed by atoms with Gasteiger partial charge in [0.05, 0.1) is 11.7 Å². The molecule has 2 rings (SSSR count). The van der Waals surface area contributed by atoms with Crippen molar-refractivity contribution in [2.45, 2.75) is 37.7 Å². The van der Waals surface area contributed by atoms with Crippen molar-refractivity contribution >= 4 is 5.97 Å². The quantitative estimate of drug-likeness (QED) is 0.804. The lowest BCUT2D eigenvalue weighted by Crippen LogP contribution is -2.22. The highest BCUT2D eigenvalue weighted by Gasteiger charge is 2.24. The van der Waals surface area contributed by atoms with Crippen molar-refractivity contribution < 1.29 is 15.0 Å². The van der Waals surface area contributed by atoms with E-state index in [1.165, 1.54) is 0 Å². The molecule has 0 aromatic heterocycles. The summed E-state index contributed by atoms with van der Waals surface area (Å²) in [4.78, 5) is 10.7. The molecule has 1 aliphatic rings. The maximum absolute atomic E-state index is 10.7. The lowest BCUT2D eigenvalue weighted by atomic mass is 9.81. The van der Waals surface area contributed by atoms with Crippen molar-refractivity contribution in [3.63, 3.8) is 0 Å². The van der Waals surface area contributed by atoms with E-state index in [2.05, 4.69) is 0 Å². The first kappa shape index (κ1) is 11.1. The second kappa shape index (κ2) is 4.66. The molecule has 86 valence electrons. The summed E-state index contributed by atoms with van der Waals surface area (Å²) >= 11 is 0. The molecular formula is C13H16O3. The van der Waals surface area contributed by atoms with Crippen LogP contribution >= 0.6 is 0 Å². The van der Waals surface area contributed by atoms with Crippen LogP contribution < -0.4 is 0 Å². The minimum absolute atomic E-state index is 0.177. The number of aromatic carboxylic acids is 1. The van der Waals surface area contributed by atoms with Crippen molar-refractivity contribution in [3.8, 4) is 0 Å². The Balaban J connectivity index is 2.17. The first-order valence-electron chi connectivity index (χ1n) is 5.70. The highest BCUT2D eigenvalue weighted by Crippen LogP contribution is 2.32. The number of aliphatic hydroxyl groups excluding tert-OH is 1. The van der Waals surface area contributed by atoms with Gasteiger partial charge in [0.1, 0.15) is 0 Å². The molecule has 1 aromatic rings. The molecule has 2 atom stereocenters. The summed E-state index contributed by atoms with van der Waals surface area (Å²) < 4.78 is 0. The Morgan fingerprint density at radius 2 is 1.75 bits per heavy atom. The van der Waals surface area contributed by atoms with E-state index < -0.39 is 5.97 Å². The Morgan fingerprint density at radius 3 is 2.31 bits per heavy atom. The van der Waals surface area contributed by atoms with Gasteiger partial charge in [-0.05, 0) is 30.5 Å². The average molecular weight is 220 g/mol. The molecule has 1 fully saturated rings. The number of rotatable bonds is 2. The zero-order valence-corrected chi connectivity index (χ0v) is 9.10. The van der Waals surface area contributed by atoms with E-state index >= 15 is 0 Å². The van der Waals surface area contributed by atoms with Gasteiger partial charge in [-0.3, -0.25) is 0 Å². The summed E-state index contributed by atoms with van der Waals surface area (Å²) in [5, 5.41) is 18.7. The summed E-state index contributed by atoms with van der Waals surface area (Å²) in [6.45, 7) is 0. The fourth-order valence-corrected chi connectivity index (χ4v) is 2.37. The molecule has 0 amide bonds. The average Bonchev–Trinajstić information content (AvgIpc) is 2.30. The lowest BCUT2D eigenvalue weighted by molar-refractivity contribution is 0.0697. The van der Waals surface area contributed by atoms with Gasteiger partial charge in [0.2, 0.25) is 0 Å². The fourth-order valence-electron chi connectivity index (χ4n) is 2.37. The molecule has 16 heavy (non-hydrogen) atoms. The molecule has 2 N–H and O–H groups in total. The number of hydrogen-bond donors (Lipinski definition) is 2. The summed E-state index contributed by atoms with van der Waals surface area (Å²) in [7, 11) is 0. The smallest absolute Gasteiger partial charge is 0.335 e. The molecule has 0 heterocycles. The first-order valence-corrected chi connectivity index (χ1v) is 5.70. The number of benzene rings is 1. The third-order valence-electron chi connectivity index (χ3n) is 3.32. The largest absolute Gasteiger partial charge is 0.478 e. The third-order valence-corrected chi connectivity index (χ3v) is 3.32. The van der Waals surface area contributed by atoms with Gasteiger partial charge in [0.15, 0.2) is 0 Å². The van der Waals surface area contributed by atoms with Gasteiger partial charge in [-0.25, -0.2) is 4.79 Å². The van der Waals surface area contributed by atoms with Crippen LogP contribution in [0, 0.1) is 0 Å². The van der Waals surface area contributed by atoms with Gasteiger partial charge >= 0.3 is 5.97 Å². The summed E-state index contributed by atoms with van der Waals surface area (Å²) in [5.41, 5.74) is 1.35. The van der Waals surface area contributed by atoms with Crippen molar-refractivity contribution in [1.29, 1.82) is 0 Å². The maximum atomic E-state index is 10.7. The van der Waals surface area contributed by atoms with Crippen molar-refractivity contribution in [1.82, 2.24) is 0 Å². The van der Waals surface area contributed by atoms with Crippen LogP contribution in [0.2, 0.25) is 0 Å². The monoisotopic (exact) mass is 220 g/mol. The first-order chi connectivity index (χ1) is 7.68. The normalized spacial score (nSPS) is 25.3. The molecule has 0 unspecified atom stereocenters. The summed E-state index contributed by atoms with van der Waals surface area (Å²) in [6, 6.07) is 6.86. The number of aliphatic hydroxyl groups is 1. The molecule has 0 spiro atoms. The molecular weight excluding hydrogens is 204 g/mol. The number of carboxylic acids is 1. The molecule has 1 aliphatic carbocycles. The van der Waals surface area contributed by atoms with Crippen LogP contribution in [-0.2, 0) is 0 Å². The predicted molar refractivity (Wildman–Crippen MR) is 60.6 cm³/mol. The number of hydrogen-bond acceptors (Lipinski definition) is 2. The van der Waals surface area contributed by atoms with E-state index in [4.69, 9.17) is 5.11 Å². The summed E-state index contributed by atoms with van der Waals surface area (Å²) in [6.07, 6.45) is 3.80. The van der Waals surface area contributed by atoms with Crippen molar-refractivity contribution in [2.75, 3.05) is 0 Å². The van der Waals surface area contributed by atoms with Gasteiger partial charge < -0.3 is 10.2 Å². The Morgan fingerprint density at radius 1 is 1.12 bits per heavy atom. The van der Waals surface area contributed by atoms with E-state index in [1.54, 1.807) is 12.1 Å². The minimum Gasteiger partial charge on any atom is -0.478 e. The second-order valence-electron chi connectivity index (χ2n) is 4.39. The second-order valence-corrected chi connectivity index (χ2v) is 4.39. The topological polar surface area (TPSA) is 57.5 Å². The lowest BCUT2D eigenvalue weighted by Gasteiger charge is -2.27. The van der Waals surface area contributed by atoms with Crippen LogP contribution in [0.25, 0.3) is 0 Å². The van der Waals surface area contributed by atoms with Crippen molar-refractivity contribution in [3.05, 3.63) is 35.4 Å². The van der Waals surface area contributed by atoms with E-state index in [9.17, 15) is 9.90 Å². The highest BCUT2D eigenvalue weighted by molar-refractivity contribution is 5.87. The standard InChI is InChI=1S/C13H16O3/c14-12-4-2-1-3-11(12)9-5-7-10(8-6-9)13(15)16/h5-8,11-12,14H,1-4H2,(H,15,16)/t11-,12+/m1/s1. The fraction of sp³-hybridized carbons (Fsp3) is 0.462. The van der Waals surface area contributed by atoms with E-state index in [1.807, 2.05) is 12.1 Å². The minimum atomic E-state index is -0.907. The molecule has 0 radical (unpaired) electrons. The maximum Gasteiger partial charge on any atom is 0.335 e. The SMILES string of the molecule is O=C(O)c1ccc([C@H]2CCCC[C@@H]2O)cc1. The van der Waals surface area contributed by atoms with Crippen LogP contribution in [-0.4, -0.2) is 22.3 Å². The van der Waals surface area contributed by atoms with Gasteiger partial charge in [0, 0.05) is 5.92 Å². The van der Waals surface area contributed by atoms with Gasteiger partial charge in [-0.15, -0.1) is 0 Å². The van der Waals surface area contributed by atoms with E-state index in [0.717, 1.165) is 31.2 Å². The van der Waals surface area contributed by atoms with Crippen LogP contribution in [0.15, 0.2) is 24.3 Å². The molecule has 0 saturated heterocycles. The van der Waals surface area contributed by atoms with E-state index in [0.29, 0.717) is 5.56 Å². The zero-order chi connectivity index (χ0) is 11.5. The zero-order valence-electron chi connectivity index (χ0n) is 9.10. The Hall–Kier alpha value is -1.35. The highest BCUT2D eigenvalue weighted by atomic mass is 16.4. The number of carboxylic acid groups (broad SMARTS) is 1. The van der Waals surface area contributed by atoms with E-state index in [-0.39, 0.29) is 12.0 Å². The van der Waals surface area contributed by atoms with Crippen LogP contribution in [0.1, 0.15) is 47.5 Å². The molecule has 3 nitrogen and oxygen atoms in total. The van der Waals surface area contributed by atoms with Crippen LogP contribution in [0.3, 0.4) is 0 Å². The summed E-state index contributed by atoms with van der Waals surface area (Å²) in [5.74, 6) is -0.729. The van der Waals surface area contributed by atoms with Gasteiger partial charge in [0.25, 0.3) is 0 Å². The Bertz CT molecular complexity index is 369. The number of carbonyl (C=O) groups is 1. The van der Waals surface area contributed by atoms with Gasteiger partial charge in [-0.2, -0.15) is 0 Å². The molecule has 0 bridgehead atoms. The Labute approximate surface area is 94.7 Å².